The number of thioether (sulfide) groups is 1. The summed E-state index contributed by atoms with van der Waals surface area (Å²) in [5.74, 6) is 0.238. The Bertz CT molecular complexity index is 281. The van der Waals surface area contributed by atoms with Crippen LogP contribution in [0.1, 0.15) is 27.2 Å². The Morgan fingerprint density at radius 2 is 1.94 bits per heavy atom. The van der Waals surface area contributed by atoms with Crippen molar-refractivity contribution in [3.63, 3.8) is 0 Å². The molecule has 98 valence electrons. The van der Waals surface area contributed by atoms with Crippen LogP contribution in [0.5, 0.6) is 0 Å². The summed E-state index contributed by atoms with van der Waals surface area (Å²) in [5.41, 5.74) is 0. The Labute approximate surface area is 105 Å². The third-order valence-corrected chi connectivity index (χ3v) is 3.54. The van der Waals surface area contributed by atoms with Crippen molar-refractivity contribution in [3.05, 3.63) is 0 Å². The zero-order valence-electron chi connectivity index (χ0n) is 10.3. The van der Waals surface area contributed by atoms with Gasteiger partial charge in [-0.1, -0.05) is 6.92 Å². The van der Waals surface area contributed by atoms with E-state index < -0.39 is 6.29 Å². The number of hydrogen-bond donors (Lipinski definition) is 0. The predicted molar refractivity (Wildman–Crippen MR) is 63.6 cm³/mol. The predicted octanol–water partition coefficient (Wildman–Crippen LogP) is 1.35. The second kappa shape index (κ2) is 6.86. The molecule has 3 atom stereocenters. The van der Waals surface area contributed by atoms with Gasteiger partial charge in [0.15, 0.2) is 0 Å². The van der Waals surface area contributed by atoms with Gasteiger partial charge in [-0.15, -0.1) is 0 Å². The molecule has 0 radical (unpaired) electrons. The van der Waals surface area contributed by atoms with Crippen LogP contribution in [-0.4, -0.2) is 41.9 Å². The van der Waals surface area contributed by atoms with Gasteiger partial charge < -0.3 is 14.2 Å². The largest absolute Gasteiger partial charge is 0.459 e. The minimum atomic E-state index is -0.525. The van der Waals surface area contributed by atoms with Crippen LogP contribution < -0.4 is 0 Å². The topological polar surface area (TPSA) is 61.8 Å². The van der Waals surface area contributed by atoms with Crippen LogP contribution in [0, 0.1) is 0 Å². The third-order valence-electron chi connectivity index (χ3n) is 2.28. The Morgan fingerprint density at radius 3 is 2.47 bits per heavy atom. The molecule has 1 fully saturated rings. The molecule has 0 amide bonds. The summed E-state index contributed by atoms with van der Waals surface area (Å²) in [6.45, 7) is 5.04. The molecule has 0 aromatic heterocycles. The quantitative estimate of drug-likeness (QED) is 0.713. The molecule has 1 heterocycles. The van der Waals surface area contributed by atoms with Crippen molar-refractivity contribution < 1.29 is 23.8 Å². The first-order valence-electron chi connectivity index (χ1n) is 5.60. The number of esters is 2. The Kier molecular flexibility index (Phi) is 5.77. The molecule has 0 aliphatic carbocycles. The van der Waals surface area contributed by atoms with Crippen LogP contribution in [-0.2, 0) is 23.8 Å². The Hall–Kier alpha value is -0.750. The van der Waals surface area contributed by atoms with E-state index >= 15 is 0 Å². The fourth-order valence-corrected chi connectivity index (χ4v) is 2.77. The SMILES string of the molecule is CCS[C@@H]1CC(OC(C)=O)OC[C@H]1OC(C)=O. The van der Waals surface area contributed by atoms with Crippen LogP contribution in [0.4, 0.5) is 0 Å². The summed E-state index contributed by atoms with van der Waals surface area (Å²) in [6.07, 6.45) is -0.233. The average molecular weight is 262 g/mol. The number of ether oxygens (including phenoxy) is 3. The molecule has 17 heavy (non-hydrogen) atoms. The van der Waals surface area contributed by atoms with Gasteiger partial charge in [0.05, 0.1) is 11.9 Å². The highest BCUT2D eigenvalue weighted by atomic mass is 32.2. The fourth-order valence-electron chi connectivity index (χ4n) is 1.70. The van der Waals surface area contributed by atoms with Gasteiger partial charge in [0, 0.05) is 20.3 Å². The summed E-state index contributed by atoms with van der Waals surface area (Å²) >= 11 is 1.68. The van der Waals surface area contributed by atoms with E-state index in [2.05, 4.69) is 0 Å². The molecule has 1 aliphatic rings. The van der Waals surface area contributed by atoms with Gasteiger partial charge in [-0.3, -0.25) is 9.59 Å². The number of carbonyl (C=O) groups excluding carboxylic acids is 2. The number of hydrogen-bond acceptors (Lipinski definition) is 6. The highest BCUT2D eigenvalue weighted by Crippen LogP contribution is 2.28. The van der Waals surface area contributed by atoms with Gasteiger partial charge in [-0.25, -0.2) is 0 Å². The highest BCUT2D eigenvalue weighted by Gasteiger charge is 2.34. The maximum Gasteiger partial charge on any atom is 0.304 e. The van der Waals surface area contributed by atoms with Crippen molar-refractivity contribution >= 4 is 23.7 Å². The summed E-state index contributed by atoms with van der Waals surface area (Å²) in [6, 6.07) is 0. The van der Waals surface area contributed by atoms with Crippen LogP contribution in [0.25, 0.3) is 0 Å². The Morgan fingerprint density at radius 1 is 1.29 bits per heavy atom. The smallest absolute Gasteiger partial charge is 0.304 e. The molecule has 0 saturated carbocycles. The summed E-state index contributed by atoms with van der Waals surface area (Å²) in [7, 11) is 0. The van der Waals surface area contributed by atoms with Crippen LogP contribution in [0.3, 0.4) is 0 Å². The first-order valence-corrected chi connectivity index (χ1v) is 6.65. The maximum absolute atomic E-state index is 10.9. The van der Waals surface area contributed by atoms with E-state index in [9.17, 15) is 9.59 Å². The molecule has 0 aromatic rings. The van der Waals surface area contributed by atoms with Crippen molar-refractivity contribution in [2.24, 2.45) is 0 Å². The molecule has 0 aromatic carbocycles. The molecule has 0 spiro atoms. The summed E-state index contributed by atoms with van der Waals surface area (Å²) in [4.78, 5) is 21.8. The van der Waals surface area contributed by atoms with Gasteiger partial charge >= 0.3 is 11.9 Å². The second-order valence-electron chi connectivity index (χ2n) is 3.75. The second-order valence-corrected chi connectivity index (χ2v) is 5.27. The molecule has 1 rings (SSSR count). The van der Waals surface area contributed by atoms with Crippen molar-refractivity contribution in [2.75, 3.05) is 12.4 Å². The molecule has 0 bridgehead atoms. The molecule has 1 unspecified atom stereocenters. The molecular weight excluding hydrogens is 244 g/mol. The molecule has 5 nitrogen and oxygen atoms in total. The third kappa shape index (κ3) is 4.95. The monoisotopic (exact) mass is 262 g/mol. The van der Waals surface area contributed by atoms with Crippen molar-refractivity contribution in [3.8, 4) is 0 Å². The number of rotatable bonds is 4. The minimum absolute atomic E-state index is 0.113. The lowest BCUT2D eigenvalue weighted by molar-refractivity contribution is -0.200. The standard InChI is InChI=1S/C11H18O5S/c1-4-17-10-5-11(16-8(3)13)14-6-9(10)15-7(2)12/h9-11H,4-6H2,1-3H3/t9-,10-,11?/m1/s1. The fraction of sp³-hybridized carbons (Fsp3) is 0.818. The van der Waals surface area contributed by atoms with E-state index in [1.54, 1.807) is 11.8 Å². The Balaban J connectivity index is 2.53. The zero-order chi connectivity index (χ0) is 12.8. The normalized spacial score (nSPS) is 28.5. The van der Waals surface area contributed by atoms with E-state index in [0.717, 1.165) is 5.75 Å². The highest BCUT2D eigenvalue weighted by molar-refractivity contribution is 7.99. The van der Waals surface area contributed by atoms with Gasteiger partial charge in [-0.05, 0) is 5.75 Å². The van der Waals surface area contributed by atoms with Crippen molar-refractivity contribution in [1.82, 2.24) is 0 Å². The minimum Gasteiger partial charge on any atom is -0.459 e. The molecule has 1 aliphatic heterocycles. The van der Waals surface area contributed by atoms with E-state index in [1.807, 2.05) is 6.92 Å². The first kappa shape index (κ1) is 14.3. The van der Waals surface area contributed by atoms with Crippen LogP contribution >= 0.6 is 11.8 Å². The van der Waals surface area contributed by atoms with E-state index in [4.69, 9.17) is 14.2 Å². The van der Waals surface area contributed by atoms with Crippen LogP contribution in [0.15, 0.2) is 0 Å². The number of carbonyl (C=O) groups is 2. The summed E-state index contributed by atoms with van der Waals surface area (Å²) in [5, 5.41) is 0.113. The lowest BCUT2D eigenvalue weighted by Gasteiger charge is -2.34. The molecular formula is C11H18O5S. The average Bonchev–Trinajstić information content (AvgIpc) is 2.21. The zero-order valence-corrected chi connectivity index (χ0v) is 11.1. The van der Waals surface area contributed by atoms with E-state index in [1.165, 1.54) is 13.8 Å². The lowest BCUT2D eigenvalue weighted by Crippen LogP contribution is -2.43. The van der Waals surface area contributed by atoms with Gasteiger partial charge in [0.2, 0.25) is 6.29 Å². The molecule has 0 N–H and O–H groups in total. The lowest BCUT2D eigenvalue weighted by atomic mass is 10.1. The van der Waals surface area contributed by atoms with Crippen molar-refractivity contribution in [1.29, 1.82) is 0 Å². The van der Waals surface area contributed by atoms with Gasteiger partial charge in [-0.2, -0.15) is 11.8 Å². The molecule has 6 heteroatoms. The van der Waals surface area contributed by atoms with E-state index in [0.29, 0.717) is 6.42 Å². The first-order chi connectivity index (χ1) is 8.02. The van der Waals surface area contributed by atoms with Gasteiger partial charge in [0.1, 0.15) is 6.10 Å². The molecule has 1 saturated heterocycles. The van der Waals surface area contributed by atoms with E-state index in [-0.39, 0.29) is 29.9 Å². The van der Waals surface area contributed by atoms with Crippen LogP contribution in [0.2, 0.25) is 0 Å². The maximum atomic E-state index is 10.9. The van der Waals surface area contributed by atoms with Gasteiger partial charge in [0.25, 0.3) is 0 Å². The summed E-state index contributed by atoms with van der Waals surface area (Å²) < 4.78 is 15.5. The van der Waals surface area contributed by atoms with Crippen molar-refractivity contribution in [2.45, 2.75) is 44.8 Å².